The van der Waals surface area contributed by atoms with Crippen molar-refractivity contribution in [3.05, 3.63) is 29.6 Å². The molecule has 2 aromatic rings. The standard InChI is InChI=1S/C21H25FN6O4/c1-11(24-21(29)30)18(12-5-4-6-12)27-20-15(22)7-13(10-23)19(28-20)25-14-8-16(31-2)26-17(9-14)32-3/h7-9,11-12,18,24H,4-6H2,1-3H3,(H,29,30)(H2,25,26,27,28)/t11-,18-/m0/s1. The molecule has 1 aliphatic rings. The summed E-state index contributed by atoms with van der Waals surface area (Å²) >= 11 is 0. The fraction of sp³-hybridized carbons (Fsp3) is 0.429. The number of carbonyl (C=O) groups is 1. The van der Waals surface area contributed by atoms with Gasteiger partial charge in [-0.1, -0.05) is 6.42 Å². The second-order valence-corrected chi connectivity index (χ2v) is 7.49. The van der Waals surface area contributed by atoms with E-state index in [1.165, 1.54) is 14.2 Å². The maximum absolute atomic E-state index is 14.8. The second kappa shape index (κ2) is 10.00. The van der Waals surface area contributed by atoms with Crippen molar-refractivity contribution in [1.82, 2.24) is 15.3 Å². The van der Waals surface area contributed by atoms with Crippen LogP contribution in [0.5, 0.6) is 11.8 Å². The summed E-state index contributed by atoms with van der Waals surface area (Å²) < 4.78 is 25.1. The van der Waals surface area contributed by atoms with Gasteiger partial charge in [-0.25, -0.2) is 14.2 Å². The number of carboxylic acid groups (broad SMARTS) is 1. The van der Waals surface area contributed by atoms with Crippen molar-refractivity contribution in [1.29, 1.82) is 5.26 Å². The molecule has 4 N–H and O–H groups in total. The van der Waals surface area contributed by atoms with Crippen LogP contribution in [0.15, 0.2) is 18.2 Å². The van der Waals surface area contributed by atoms with Gasteiger partial charge in [0.15, 0.2) is 17.5 Å². The minimum atomic E-state index is -1.15. The molecule has 2 heterocycles. The predicted molar refractivity (Wildman–Crippen MR) is 115 cm³/mol. The molecule has 3 rings (SSSR count). The summed E-state index contributed by atoms with van der Waals surface area (Å²) in [6.45, 7) is 1.72. The third-order valence-corrected chi connectivity index (χ3v) is 5.41. The Balaban J connectivity index is 1.92. The Morgan fingerprint density at radius 1 is 1.22 bits per heavy atom. The van der Waals surface area contributed by atoms with E-state index in [1.54, 1.807) is 19.1 Å². The highest BCUT2D eigenvalue weighted by molar-refractivity contribution is 5.67. The van der Waals surface area contributed by atoms with Gasteiger partial charge in [-0.15, -0.1) is 0 Å². The van der Waals surface area contributed by atoms with Crippen molar-refractivity contribution in [3.8, 4) is 17.8 Å². The maximum atomic E-state index is 14.8. The van der Waals surface area contributed by atoms with Crippen LogP contribution in [0.2, 0.25) is 0 Å². The van der Waals surface area contributed by atoms with Crippen LogP contribution >= 0.6 is 0 Å². The van der Waals surface area contributed by atoms with Gasteiger partial charge in [-0.05, 0) is 31.7 Å². The number of pyridine rings is 2. The zero-order valence-electron chi connectivity index (χ0n) is 18.0. The molecule has 0 spiro atoms. The first kappa shape index (κ1) is 22.9. The summed E-state index contributed by atoms with van der Waals surface area (Å²) in [6, 6.07) is 5.34. The minimum absolute atomic E-state index is 0.000278. The summed E-state index contributed by atoms with van der Waals surface area (Å²) in [7, 11) is 2.91. The number of hydrogen-bond donors (Lipinski definition) is 4. The SMILES string of the molecule is COc1cc(Nc2nc(N[C@H](C3CCC3)[C@H](C)NC(=O)O)c(F)cc2C#N)cc(OC)n1. The molecule has 1 aliphatic carbocycles. The number of nitrogens with one attached hydrogen (secondary N) is 3. The molecule has 1 saturated carbocycles. The van der Waals surface area contributed by atoms with Crippen LogP contribution in [0, 0.1) is 23.1 Å². The van der Waals surface area contributed by atoms with Gasteiger partial charge in [0, 0.05) is 18.2 Å². The van der Waals surface area contributed by atoms with Crippen LogP contribution in [-0.2, 0) is 0 Å². The van der Waals surface area contributed by atoms with Crippen LogP contribution < -0.4 is 25.4 Å². The van der Waals surface area contributed by atoms with Crippen molar-refractivity contribution in [3.63, 3.8) is 0 Å². The molecule has 1 amide bonds. The third kappa shape index (κ3) is 5.26. The van der Waals surface area contributed by atoms with E-state index in [9.17, 15) is 14.4 Å². The van der Waals surface area contributed by atoms with Gasteiger partial charge in [0.05, 0.1) is 31.5 Å². The fourth-order valence-electron chi connectivity index (χ4n) is 3.56. The first-order chi connectivity index (χ1) is 15.3. The largest absolute Gasteiger partial charge is 0.481 e. The zero-order valence-corrected chi connectivity index (χ0v) is 18.0. The number of aromatic nitrogens is 2. The van der Waals surface area contributed by atoms with Gasteiger partial charge < -0.3 is 30.5 Å². The molecule has 170 valence electrons. The summed E-state index contributed by atoms with van der Waals surface area (Å²) in [6.07, 6.45) is 1.69. The number of ether oxygens (including phenoxy) is 2. The number of amides is 1. The first-order valence-corrected chi connectivity index (χ1v) is 10.1. The zero-order chi connectivity index (χ0) is 23.3. The summed E-state index contributed by atoms with van der Waals surface area (Å²) in [5, 5.41) is 27.0. The lowest BCUT2D eigenvalue weighted by atomic mass is 9.77. The number of anilines is 3. The number of methoxy groups -OCH3 is 2. The Bertz CT molecular complexity index is 1000. The third-order valence-electron chi connectivity index (χ3n) is 5.41. The molecule has 2 aromatic heterocycles. The number of nitrogens with zero attached hydrogens (tertiary/aromatic N) is 3. The van der Waals surface area contributed by atoms with E-state index in [2.05, 4.69) is 25.9 Å². The molecular formula is C21H25FN6O4. The lowest BCUT2D eigenvalue weighted by Crippen LogP contribution is -2.50. The average Bonchev–Trinajstić information content (AvgIpc) is 2.72. The highest BCUT2D eigenvalue weighted by Crippen LogP contribution is 2.34. The van der Waals surface area contributed by atoms with Gasteiger partial charge in [0.1, 0.15) is 6.07 Å². The van der Waals surface area contributed by atoms with Crippen molar-refractivity contribution >= 4 is 23.4 Å². The van der Waals surface area contributed by atoms with Crippen LogP contribution in [-0.4, -0.2) is 47.5 Å². The summed E-state index contributed by atoms with van der Waals surface area (Å²) in [5.41, 5.74) is 0.478. The molecule has 1 fully saturated rings. The lowest BCUT2D eigenvalue weighted by Gasteiger charge is -2.38. The Morgan fingerprint density at radius 3 is 2.38 bits per heavy atom. The Morgan fingerprint density at radius 2 is 1.88 bits per heavy atom. The van der Waals surface area contributed by atoms with E-state index in [0.29, 0.717) is 5.69 Å². The summed E-state index contributed by atoms with van der Waals surface area (Å²) in [4.78, 5) is 19.5. The van der Waals surface area contributed by atoms with Crippen LogP contribution in [0.4, 0.5) is 26.5 Å². The maximum Gasteiger partial charge on any atom is 0.404 e. The molecule has 10 nitrogen and oxygen atoms in total. The van der Waals surface area contributed by atoms with Crippen LogP contribution in [0.3, 0.4) is 0 Å². The molecule has 0 bridgehead atoms. The van der Waals surface area contributed by atoms with E-state index in [0.717, 1.165) is 25.3 Å². The van der Waals surface area contributed by atoms with E-state index < -0.39 is 18.0 Å². The van der Waals surface area contributed by atoms with Gasteiger partial charge in [-0.3, -0.25) is 0 Å². The topological polar surface area (TPSA) is 141 Å². The summed E-state index contributed by atoms with van der Waals surface area (Å²) in [5.74, 6) is 0.0878. The molecule has 0 saturated heterocycles. The number of halogens is 1. The Labute approximate surface area is 184 Å². The highest BCUT2D eigenvalue weighted by Gasteiger charge is 2.33. The van der Waals surface area contributed by atoms with Crippen LogP contribution in [0.1, 0.15) is 31.7 Å². The molecule has 11 heteroatoms. The number of nitriles is 1. The van der Waals surface area contributed by atoms with E-state index in [4.69, 9.17) is 14.6 Å². The van der Waals surface area contributed by atoms with E-state index >= 15 is 0 Å². The van der Waals surface area contributed by atoms with Gasteiger partial charge in [-0.2, -0.15) is 10.2 Å². The minimum Gasteiger partial charge on any atom is -0.481 e. The molecular weight excluding hydrogens is 419 g/mol. The fourth-order valence-corrected chi connectivity index (χ4v) is 3.56. The monoisotopic (exact) mass is 444 g/mol. The van der Waals surface area contributed by atoms with E-state index in [1.807, 2.05) is 6.07 Å². The van der Waals surface area contributed by atoms with E-state index in [-0.39, 0.29) is 40.9 Å². The van der Waals surface area contributed by atoms with Crippen molar-refractivity contribution in [2.45, 2.75) is 38.3 Å². The van der Waals surface area contributed by atoms with Crippen LogP contribution in [0.25, 0.3) is 0 Å². The van der Waals surface area contributed by atoms with Crippen molar-refractivity contribution in [2.24, 2.45) is 5.92 Å². The number of rotatable bonds is 9. The molecule has 0 radical (unpaired) electrons. The lowest BCUT2D eigenvalue weighted by molar-refractivity contribution is 0.180. The van der Waals surface area contributed by atoms with Gasteiger partial charge in [0.25, 0.3) is 0 Å². The normalized spacial score (nSPS) is 15.0. The highest BCUT2D eigenvalue weighted by atomic mass is 19.1. The smallest absolute Gasteiger partial charge is 0.404 e. The molecule has 0 unspecified atom stereocenters. The second-order valence-electron chi connectivity index (χ2n) is 7.49. The predicted octanol–water partition coefficient (Wildman–Crippen LogP) is 3.48. The first-order valence-electron chi connectivity index (χ1n) is 10.1. The quantitative estimate of drug-likeness (QED) is 0.457. The van der Waals surface area contributed by atoms with Gasteiger partial charge >= 0.3 is 6.09 Å². The molecule has 0 aliphatic heterocycles. The Kier molecular flexibility index (Phi) is 7.14. The molecule has 32 heavy (non-hydrogen) atoms. The Hall–Kier alpha value is -3.81. The van der Waals surface area contributed by atoms with Crippen molar-refractivity contribution in [2.75, 3.05) is 24.9 Å². The van der Waals surface area contributed by atoms with Gasteiger partial charge in [0.2, 0.25) is 11.8 Å². The molecule has 2 atom stereocenters. The van der Waals surface area contributed by atoms with Crippen molar-refractivity contribution < 1.29 is 23.8 Å². The molecule has 0 aromatic carbocycles. The average molecular weight is 444 g/mol. The number of hydrogen-bond acceptors (Lipinski definition) is 8.